The first-order valence-electron chi connectivity index (χ1n) is 12.3. The molecule has 3 aromatic carbocycles. The van der Waals surface area contributed by atoms with Crippen LogP contribution in [0.2, 0.25) is 0 Å². The van der Waals surface area contributed by atoms with E-state index in [9.17, 15) is 4.79 Å². The molecule has 0 saturated heterocycles. The van der Waals surface area contributed by atoms with E-state index in [-0.39, 0.29) is 11.6 Å². The van der Waals surface area contributed by atoms with E-state index in [1.807, 2.05) is 91.0 Å². The van der Waals surface area contributed by atoms with Gasteiger partial charge in [-0.25, -0.2) is 4.98 Å². The van der Waals surface area contributed by atoms with E-state index in [2.05, 4.69) is 10.3 Å². The van der Waals surface area contributed by atoms with Crippen LogP contribution >= 0.6 is 0 Å². The number of nitrogens with zero attached hydrogens (tertiary/aromatic N) is 3. The average Bonchev–Trinajstić information content (AvgIpc) is 2.94. The lowest BCUT2D eigenvalue weighted by Gasteiger charge is -2.22. The van der Waals surface area contributed by atoms with Crippen LogP contribution in [0.4, 0.5) is 11.6 Å². The number of anilines is 2. The first kappa shape index (κ1) is 24.1. The van der Waals surface area contributed by atoms with Gasteiger partial charge in [0, 0.05) is 42.2 Å². The molecule has 0 atom stereocenters. The van der Waals surface area contributed by atoms with Crippen molar-refractivity contribution >= 4 is 22.7 Å². The summed E-state index contributed by atoms with van der Waals surface area (Å²) in [6.45, 7) is 0.895. The van der Waals surface area contributed by atoms with Gasteiger partial charge < -0.3 is 14.8 Å². The topological polar surface area (TPSA) is 78.3 Å². The van der Waals surface area contributed by atoms with Crippen LogP contribution in [0.25, 0.3) is 11.0 Å². The van der Waals surface area contributed by atoms with Crippen LogP contribution in [-0.4, -0.2) is 27.7 Å². The Morgan fingerprint density at radius 3 is 1.89 bits per heavy atom. The highest BCUT2D eigenvalue weighted by Gasteiger charge is 2.18. The molecule has 0 amide bonds. The van der Waals surface area contributed by atoms with E-state index >= 15 is 0 Å². The van der Waals surface area contributed by atoms with Gasteiger partial charge in [0.1, 0.15) is 17.1 Å². The number of hydrogen-bond donors (Lipinski definition) is 1. The molecule has 0 aliphatic heterocycles. The Bertz CT molecular complexity index is 1430. The zero-order chi connectivity index (χ0) is 25.3. The number of fused-ring (bicyclic) bond motifs is 1. The van der Waals surface area contributed by atoms with Gasteiger partial charge in [-0.2, -0.15) is 4.98 Å². The number of benzene rings is 3. The first-order chi connectivity index (χ1) is 18.3. The fourth-order valence-corrected chi connectivity index (χ4v) is 4.16. The van der Waals surface area contributed by atoms with Crippen molar-refractivity contribution in [2.24, 2.45) is 0 Å². The molecule has 0 aliphatic rings. The second-order valence-electron chi connectivity index (χ2n) is 8.56. The van der Waals surface area contributed by atoms with Gasteiger partial charge in [0.15, 0.2) is 0 Å². The molecule has 0 saturated carbocycles. The maximum atomic E-state index is 13.2. The zero-order valence-corrected chi connectivity index (χ0v) is 20.4. The van der Waals surface area contributed by atoms with Crippen molar-refractivity contribution in [2.75, 3.05) is 18.5 Å². The molecule has 186 valence electrons. The van der Waals surface area contributed by atoms with Gasteiger partial charge in [-0.15, -0.1) is 0 Å². The first-order valence-corrected chi connectivity index (χ1v) is 12.3. The second-order valence-corrected chi connectivity index (χ2v) is 8.56. The molecule has 5 rings (SSSR count). The summed E-state index contributed by atoms with van der Waals surface area (Å²) in [4.78, 5) is 22.4. The lowest BCUT2D eigenvalue weighted by atomic mass is 10.1. The predicted molar refractivity (Wildman–Crippen MR) is 146 cm³/mol. The standard InChI is InChI=1S/C30H28N4O3/c35-28-17-16-23-22-31-30(32-24-10-4-1-5-11-24)33-29(23)34(28)25(18-20-36-26-12-6-2-7-13-26)19-21-37-27-14-8-3-9-15-27/h1-17,22,25H,18-21H2,(H,31,32,33). The van der Waals surface area contributed by atoms with Crippen LogP contribution in [0, 0.1) is 0 Å². The molecule has 0 radical (unpaired) electrons. The number of nitrogens with one attached hydrogen (secondary N) is 1. The molecule has 0 spiro atoms. The smallest absolute Gasteiger partial charge is 0.252 e. The highest BCUT2D eigenvalue weighted by atomic mass is 16.5. The van der Waals surface area contributed by atoms with Crippen LogP contribution in [0.15, 0.2) is 114 Å². The summed E-state index contributed by atoms with van der Waals surface area (Å²) in [7, 11) is 0. The summed E-state index contributed by atoms with van der Waals surface area (Å²) in [5, 5.41) is 4.01. The lowest BCUT2D eigenvalue weighted by molar-refractivity contribution is 0.237. The van der Waals surface area contributed by atoms with Crippen molar-refractivity contribution in [3.8, 4) is 11.5 Å². The average molecular weight is 493 g/mol. The Hall–Kier alpha value is -4.65. The monoisotopic (exact) mass is 492 g/mol. The van der Waals surface area contributed by atoms with E-state index in [0.717, 1.165) is 22.6 Å². The molecule has 0 aliphatic carbocycles. The maximum absolute atomic E-state index is 13.2. The third-order valence-electron chi connectivity index (χ3n) is 5.99. The molecule has 0 bridgehead atoms. The van der Waals surface area contributed by atoms with Gasteiger partial charge in [0.25, 0.3) is 5.56 Å². The van der Waals surface area contributed by atoms with Crippen molar-refractivity contribution in [1.82, 2.24) is 14.5 Å². The zero-order valence-electron chi connectivity index (χ0n) is 20.4. The molecule has 5 aromatic rings. The number of rotatable bonds is 11. The maximum Gasteiger partial charge on any atom is 0.252 e. The van der Waals surface area contributed by atoms with Crippen LogP contribution in [-0.2, 0) is 0 Å². The molecule has 1 N–H and O–H groups in total. The fraction of sp³-hybridized carbons (Fsp3) is 0.167. The Morgan fingerprint density at radius 1 is 0.730 bits per heavy atom. The highest BCUT2D eigenvalue weighted by Crippen LogP contribution is 2.23. The third-order valence-corrected chi connectivity index (χ3v) is 5.99. The largest absolute Gasteiger partial charge is 0.494 e. The summed E-state index contributed by atoms with van der Waals surface area (Å²) in [6.07, 6.45) is 2.95. The van der Waals surface area contributed by atoms with E-state index in [1.54, 1.807) is 22.9 Å². The molecule has 7 heteroatoms. The van der Waals surface area contributed by atoms with Gasteiger partial charge in [-0.05, 0) is 42.5 Å². The molecule has 37 heavy (non-hydrogen) atoms. The van der Waals surface area contributed by atoms with Crippen LogP contribution < -0.4 is 20.3 Å². The van der Waals surface area contributed by atoms with Gasteiger partial charge in [-0.3, -0.25) is 9.36 Å². The second kappa shape index (κ2) is 11.9. The van der Waals surface area contributed by atoms with Gasteiger partial charge >= 0.3 is 0 Å². The fourth-order valence-electron chi connectivity index (χ4n) is 4.16. The number of ether oxygens (including phenoxy) is 2. The summed E-state index contributed by atoms with van der Waals surface area (Å²) in [5.41, 5.74) is 1.32. The van der Waals surface area contributed by atoms with Crippen molar-refractivity contribution in [1.29, 1.82) is 0 Å². The highest BCUT2D eigenvalue weighted by molar-refractivity contribution is 5.75. The summed E-state index contributed by atoms with van der Waals surface area (Å²) in [5.74, 6) is 2.02. The minimum atomic E-state index is -0.192. The molecule has 7 nitrogen and oxygen atoms in total. The number of hydrogen-bond acceptors (Lipinski definition) is 6. The predicted octanol–water partition coefficient (Wildman–Crippen LogP) is 6.01. The quantitative estimate of drug-likeness (QED) is 0.243. The molecule has 0 unspecified atom stereocenters. The number of para-hydroxylation sites is 3. The van der Waals surface area contributed by atoms with Crippen molar-refractivity contribution in [2.45, 2.75) is 18.9 Å². The minimum absolute atomic E-state index is 0.124. The summed E-state index contributed by atoms with van der Waals surface area (Å²) >= 11 is 0. The molecule has 2 aromatic heterocycles. The molecule has 0 fully saturated rings. The van der Waals surface area contributed by atoms with Crippen molar-refractivity contribution in [3.05, 3.63) is 120 Å². The van der Waals surface area contributed by atoms with E-state index < -0.39 is 0 Å². The van der Waals surface area contributed by atoms with E-state index in [0.29, 0.717) is 37.7 Å². The van der Waals surface area contributed by atoms with Crippen LogP contribution in [0.1, 0.15) is 18.9 Å². The van der Waals surface area contributed by atoms with Crippen LogP contribution in [0.3, 0.4) is 0 Å². The van der Waals surface area contributed by atoms with Gasteiger partial charge in [0.2, 0.25) is 5.95 Å². The SMILES string of the molecule is O=c1ccc2cnc(Nc3ccccc3)nc2n1C(CCOc1ccccc1)CCOc1ccccc1. The third kappa shape index (κ3) is 6.32. The Morgan fingerprint density at radius 2 is 1.30 bits per heavy atom. The van der Waals surface area contributed by atoms with E-state index in [4.69, 9.17) is 14.5 Å². The van der Waals surface area contributed by atoms with E-state index in [1.165, 1.54) is 0 Å². The van der Waals surface area contributed by atoms with Gasteiger partial charge in [0.05, 0.1) is 13.2 Å². The lowest BCUT2D eigenvalue weighted by Crippen LogP contribution is -2.28. The Labute approximate surface area is 215 Å². The normalized spacial score (nSPS) is 10.9. The summed E-state index contributed by atoms with van der Waals surface area (Å²) in [6, 6.07) is 32.2. The van der Waals surface area contributed by atoms with Crippen molar-refractivity contribution in [3.63, 3.8) is 0 Å². The number of pyridine rings is 1. The van der Waals surface area contributed by atoms with Gasteiger partial charge in [-0.1, -0.05) is 54.6 Å². The molecular weight excluding hydrogens is 464 g/mol. The number of aromatic nitrogens is 3. The summed E-state index contributed by atoms with van der Waals surface area (Å²) < 4.78 is 13.7. The Kier molecular flexibility index (Phi) is 7.71. The molecule has 2 heterocycles. The Balaban J connectivity index is 1.42. The minimum Gasteiger partial charge on any atom is -0.494 e. The molecular formula is C30H28N4O3. The van der Waals surface area contributed by atoms with Crippen molar-refractivity contribution < 1.29 is 9.47 Å². The van der Waals surface area contributed by atoms with Crippen LogP contribution in [0.5, 0.6) is 11.5 Å².